The van der Waals surface area contributed by atoms with Crippen molar-refractivity contribution < 1.29 is 17.9 Å². The lowest BCUT2D eigenvalue weighted by atomic mass is 10.0. The summed E-state index contributed by atoms with van der Waals surface area (Å²) in [5, 5.41) is 2.80. The molecule has 0 bridgehead atoms. The van der Waals surface area contributed by atoms with Crippen molar-refractivity contribution in [3.05, 3.63) is 47.8 Å². The Morgan fingerprint density at radius 1 is 1.23 bits per heavy atom. The lowest BCUT2D eigenvalue weighted by molar-refractivity contribution is 0.0730. The molecule has 1 amide bonds. The molecule has 1 aromatic heterocycles. The number of morpholine rings is 1. The van der Waals surface area contributed by atoms with E-state index in [4.69, 9.17) is 4.74 Å². The standard InChI is InChI=1S/C18H23N3O4S/c1-13(2)14-4-3-5-15(10-14)20-18(22)17-11-16(12-19-17)26(23,24)21-6-8-25-9-7-21/h3-5,10-13,19H,6-9H2,1-2H3,(H,20,22). The van der Waals surface area contributed by atoms with Crippen LogP contribution in [-0.4, -0.2) is 49.9 Å². The van der Waals surface area contributed by atoms with Crippen molar-refractivity contribution in [2.45, 2.75) is 24.7 Å². The van der Waals surface area contributed by atoms with Gasteiger partial charge >= 0.3 is 0 Å². The van der Waals surface area contributed by atoms with Gasteiger partial charge in [-0.1, -0.05) is 26.0 Å². The van der Waals surface area contributed by atoms with Crippen molar-refractivity contribution in [2.75, 3.05) is 31.6 Å². The Labute approximate surface area is 153 Å². The van der Waals surface area contributed by atoms with Crippen LogP contribution >= 0.6 is 0 Å². The Hall–Kier alpha value is -2.16. The summed E-state index contributed by atoms with van der Waals surface area (Å²) in [4.78, 5) is 15.3. The number of amides is 1. The molecule has 1 fully saturated rings. The molecule has 1 aliphatic heterocycles. The molecule has 0 unspecified atom stereocenters. The number of nitrogens with zero attached hydrogens (tertiary/aromatic N) is 1. The number of nitrogens with one attached hydrogen (secondary N) is 2. The molecule has 2 aromatic rings. The van der Waals surface area contributed by atoms with Gasteiger partial charge in [0.25, 0.3) is 5.91 Å². The van der Waals surface area contributed by atoms with Gasteiger partial charge < -0.3 is 15.0 Å². The highest BCUT2D eigenvalue weighted by Gasteiger charge is 2.28. The largest absolute Gasteiger partial charge is 0.379 e. The minimum atomic E-state index is -3.62. The molecule has 3 rings (SSSR count). The monoisotopic (exact) mass is 377 g/mol. The Kier molecular flexibility index (Phi) is 5.45. The first-order valence-corrected chi connectivity index (χ1v) is 9.99. The summed E-state index contributed by atoms with van der Waals surface area (Å²) in [6.07, 6.45) is 1.35. The second-order valence-electron chi connectivity index (χ2n) is 6.50. The highest BCUT2D eigenvalue weighted by atomic mass is 32.2. The average molecular weight is 377 g/mol. The molecule has 1 aromatic carbocycles. The molecule has 2 N–H and O–H groups in total. The van der Waals surface area contributed by atoms with E-state index in [2.05, 4.69) is 24.1 Å². The van der Waals surface area contributed by atoms with Crippen LogP contribution in [0, 0.1) is 0 Å². The fourth-order valence-electron chi connectivity index (χ4n) is 2.76. The highest BCUT2D eigenvalue weighted by Crippen LogP contribution is 2.21. The van der Waals surface area contributed by atoms with Crippen LogP contribution in [0.3, 0.4) is 0 Å². The minimum Gasteiger partial charge on any atom is -0.379 e. The van der Waals surface area contributed by atoms with E-state index in [0.29, 0.717) is 37.9 Å². The molecule has 0 radical (unpaired) electrons. The molecule has 1 saturated heterocycles. The van der Waals surface area contributed by atoms with E-state index in [1.165, 1.54) is 16.6 Å². The van der Waals surface area contributed by atoms with Crippen LogP contribution in [-0.2, 0) is 14.8 Å². The molecule has 1 aliphatic rings. The molecule has 0 aliphatic carbocycles. The normalized spacial score (nSPS) is 16.0. The smallest absolute Gasteiger partial charge is 0.272 e. The first-order valence-electron chi connectivity index (χ1n) is 8.55. The van der Waals surface area contributed by atoms with Crippen molar-refractivity contribution in [1.82, 2.24) is 9.29 Å². The molecule has 26 heavy (non-hydrogen) atoms. The van der Waals surface area contributed by atoms with Crippen molar-refractivity contribution in [3.63, 3.8) is 0 Å². The predicted octanol–water partition coefficient (Wildman–Crippen LogP) is 2.41. The van der Waals surface area contributed by atoms with Crippen LogP contribution in [0.15, 0.2) is 41.4 Å². The number of ether oxygens (including phenoxy) is 1. The van der Waals surface area contributed by atoms with E-state index >= 15 is 0 Å². The summed E-state index contributed by atoms with van der Waals surface area (Å²) >= 11 is 0. The number of carbonyl (C=O) groups is 1. The number of hydrogen-bond acceptors (Lipinski definition) is 4. The van der Waals surface area contributed by atoms with Crippen LogP contribution < -0.4 is 5.32 Å². The fraction of sp³-hybridized carbons (Fsp3) is 0.389. The van der Waals surface area contributed by atoms with E-state index in [9.17, 15) is 13.2 Å². The van der Waals surface area contributed by atoms with Crippen LogP contribution in [0.25, 0.3) is 0 Å². The van der Waals surface area contributed by atoms with Gasteiger partial charge in [0.15, 0.2) is 0 Å². The zero-order chi connectivity index (χ0) is 18.7. The number of benzene rings is 1. The van der Waals surface area contributed by atoms with E-state index in [1.807, 2.05) is 18.2 Å². The summed E-state index contributed by atoms with van der Waals surface area (Å²) in [7, 11) is -3.62. The Balaban J connectivity index is 1.75. The maximum atomic E-state index is 12.6. The van der Waals surface area contributed by atoms with Crippen molar-refractivity contribution in [3.8, 4) is 0 Å². The molecule has 0 spiro atoms. The first kappa shape index (κ1) is 18.6. The number of hydrogen-bond donors (Lipinski definition) is 2. The number of carbonyl (C=O) groups excluding carboxylic acids is 1. The van der Waals surface area contributed by atoms with Crippen LogP contribution in [0.1, 0.15) is 35.8 Å². The van der Waals surface area contributed by atoms with Gasteiger partial charge in [-0.15, -0.1) is 0 Å². The molecule has 8 heteroatoms. The van der Waals surface area contributed by atoms with Crippen LogP contribution in [0.4, 0.5) is 5.69 Å². The molecule has 140 valence electrons. The van der Waals surface area contributed by atoms with Gasteiger partial charge in [0, 0.05) is 25.0 Å². The average Bonchev–Trinajstić information content (AvgIpc) is 3.14. The number of aromatic amines is 1. The van der Waals surface area contributed by atoms with Gasteiger partial charge in [0.05, 0.1) is 13.2 Å². The van der Waals surface area contributed by atoms with Gasteiger partial charge in [-0.05, 0) is 29.7 Å². The van der Waals surface area contributed by atoms with Gasteiger partial charge in [-0.2, -0.15) is 4.31 Å². The quantitative estimate of drug-likeness (QED) is 0.837. The van der Waals surface area contributed by atoms with E-state index in [-0.39, 0.29) is 16.5 Å². The number of anilines is 1. The maximum absolute atomic E-state index is 12.6. The Morgan fingerprint density at radius 2 is 1.96 bits per heavy atom. The van der Waals surface area contributed by atoms with Crippen LogP contribution in [0.2, 0.25) is 0 Å². The molecule has 2 heterocycles. The zero-order valence-corrected chi connectivity index (χ0v) is 15.7. The van der Waals surface area contributed by atoms with Crippen molar-refractivity contribution in [1.29, 1.82) is 0 Å². The predicted molar refractivity (Wildman–Crippen MR) is 98.9 cm³/mol. The van der Waals surface area contributed by atoms with Gasteiger partial charge in [-0.25, -0.2) is 8.42 Å². The topological polar surface area (TPSA) is 91.5 Å². The molecular formula is C18H23N3O4S. The van der Waals surface area contributed by atoms with Crippen LogP contribution in [0.5, 0.6) is 0 Å². The summed E-state index contributed by atoms with van der Waals surface area (Å²) < 4.78 is 31.8. The van der Waals surface area contributed by atoms with Crippen molar-refractivity contribution >= 4 is 21.6 Å². The second kappa shape index (κ2) is 7.61. The highest BCUT2D eigenvalue weighted by molar-refractivity contribution is 7.89. The van der Waals surface area contributed by atoms with Crippen molar-refractivity contribution in [2.24, 2.45) is 0 Å². The third-order valence-electron chi connectivity index (χ3n) is 4.32. The lowest BCUT2D eigenvalue weighted by Crippen LogP contribution is -2.40. The number of rotatable bonds is 5. The second-order valence-corrected chi connectivity index (χ2v) is 8.44. The van der Waals surface area contributed by atoms with Gasteiger partial charge in [0.1, 0.15) is 10.6 Å². The molecular weight excluding hydrogens is 354 g/mol. The van der Waals surface area contributed by atoms with Gasteiger partial charge in [0.2, 0.25) is 10.0 Å². The number of aromatic nitrogens is 1. The van der Waals surface area contributed by atoms with Gasteiger partial charge in [-0.3, -0.25) is 4.79 Å². The summed E-state index contributed by atoms with van der Waals surface area (Å²) in [5.41, 5.74) is 1.99. The van der Waals surface area contributed by atoms with E-state index in [0.717, 1.165) is 5.56 Å². The molecule has 7 nitrogen and oxygen atoms in total. The number of sulfonamides is 1. The lowest BCUT2D eigenvalue weighted by Gasteiger charge is -2.25. The Morgan fingerprint density at radius 3 is 2.65 bits per heavy atom. The molecule has 0 saturated carbocycles. The summed E-state index contributed by atoms with van der Waals surface area (Å²) in [6.45, 7) is 5.55. The molecule has 0 atom stereocenters. The van der Waals surface area contributed by atoms with E-state index < -0.39 is 10.0 Å². The first-order chi connectivity index (χ1) is 12.4. The number of H-pyrrole nitrogens is 1. The third kappa shape index (κ3) is 3.98. The Bertz CT molecular complexity index is 883. The summed E-state index contributed by atoms with van der Waals surface area (Å²) in [6, 6.07) is 8.97. The summed E-state index contributed by atoms with van der Waals surface area (Å²) in [5.74, 6) is -0.0306. The van der Waals surface area contributed by atoms with E-state index in [1.54, 1.807) is 6.07 Å². The fourth-order valence-corrected chi connectivity index (χ4v) is 4.17. The zero-order valence-electron chi connectivity index (χ0n) is 14.9. The maximum Gasteiger partial charge on any atom is 0.272 e. The minimum absolute atomic E-state index is 0.0838. The SMILES string of the molecule is CC(C)c1cccc(NC(=O)c2cc(S(=O)(=O)N3CCOCC3)c[nH]2)c1. The third-order valence-corrected chi connectivity index (χ3v) is 6.20.